The molecule has 1 aromatic carbocycles. The number of hydrogen-bond donors (Lipinski definition) is 2. The molecule has 0 spiro atoms. The lowest BCUT2D eigenvalue weighted by Crippen LogP contribution is -2.43. The van der Waals surface area contributed by atoms with Gasteiger partial charge in [-0.1, -0.05) is 0 Å². The Bertz CT molecular complexity index is 776. The van der Waals surface area contributed by atoms with E-state index in [1.807, 2.05) is 23.6 Å². The number of carboxylic acid groups (broad SMARTS) is 1. The lowest BCUT2D eigenvalue weighted by Gasteiger charge is -2.29. The van der Waals surface area contributed by atoms with Gasteiger partial charge in [0.05, 0.1) is 5.52 Å². The molecule has 1 saturated heterocycles. The van der Waals surface area contributed by atoms with E-state index in [9.17, 15) is 14.7 Å². The topological polar surface area (TPSA) is 74.6 Å². The monoisotopic (exact) mass is 301 g/mol. The van der Waals surface area contributed by atoms with Crippen LogP contribution in [0, 0.1) is 0 Å². The Hall–Kier alpha value is -2.34. The summed E-state index contributed by atoms with van der Waals surface area (Å²) in [7, 11) is 0. The van der Waals surface area contributed by atoms with Gasteiger partial charge in [-0.15, -0.1) is 0 Å². The van der Waals surface area contributed by atoms with Crippen molar-refractivity contribution in [2.75, 3.05) is 31.1 Å². The van der Waals surface area contributed by atoms with Gasteiger partial charge >= 0.3 is 5.97 Å². The zero-order valence-corrected chi connectivity index (χ0v) is 12.5. The van der Waals surface area contributed by atoms with Crippen LogP contribution < -0.4 is 15.6 Å². The van der Waals surface area contributed by atoms with Gasteiger partial charge in [-0.25, -0.2) is 4.79 Å². The maximum atomic E-state index is 12.3. The summed E-state index contributed by atoms with van der Waals surface area (Å²) in [4.78, 5) is 25.8. The second-order valence-electron chi connectivity index (χ2n) is 5.40. The summed E-state index contributed by atoms with van der Waals surface area (Å²) in [6.45, 7) is 6.28. The molecule has 0 saturated carbocycles. The molecule has 1 aliphatic rings. The van der Waals surface area contributed by atoms with E-state index < -0.39 is 11.4 Å². The van der Waals surface area contributed by atoms with Gasteiger partial charge in [-0.05, 0) is 25.1 Å². The lowest BCUT2D eigenvalue weighted by atomic mass is 10.1. The highest BCUT2D eigenvalue weighted by atomic mass is 16.4. The first-order valence-electron chi connectivity index (χ1n) is 7.48. The van der Waals surface area contributed by atoms with Gasteiger partial charge in [0.25, 0.3) is 0 Å². The molecule has 0 aliphatic carbocycles. The number of nitrogens with one attached hydrogen (secondary N) is 1. The summed E-state index contributed by atoms with van der Waals surface area (Å²) in [6, 6.07) is 5.63. The minimum Gasteiger partial charge on any atom is -0.477 e. The van der Waals surface area contributed by atoms with Crippen LogP contribution in [0.4, 0.5) is 5.69 Å². The number of pyridine rings is 1. The largest absolute Gasteiger partial charge is 0.477 e. The fourth-order valence-corrected chi connectivity index (χ4v) is 2.91. The summed E-state index contributed by atoms with van der Waals surface area (Å²) in [5.74, 6) is -1.18. The fourth-order valence-electron chi connectivity index (χ4n) is 2.91. The summed E-state index contributed by atoms with van der Waals surface area (Å²) in [6.07, 6.45) is 1.44. The van der Waals surface area contributed by atoms with Crippen molar-refractivity contribution in [2.45, 2.75) is 13.5 Å². The van der Waals surface area contributed by atoms with Crippen molar-refractivity contribution in [3.8, 4) is 0 Å². The molecule has 6 heteroatoms. The number of benzene rings is 1. The Morgan fingerprint density at radius 2 is 2.05 bits per heavy atom. The summed E-state index contributed by atoms with van der Waals surface area (Å²) in [5, 5.41) is 12.9. The SMILES string of the molecule is CCn1cc(C(=O)O)c(=O)c2ccc(N3CCNCC3)cc21. The highest BCUT2D eigenvalue weighted by Crippen LogP contribution is 2.21. The number of aromatic carboxylic acids is 1. The van der Waals surface area contributed by atoms with E-state index in [0.717, 1.165) is 37.4 Å². The Labute approximate surface area is 128 Å². The van der Waals surface area contributed by atoms with Gasteiger partial charge in [0.15, 0.2) is 0 Å². The van der Waals surface area contributed by atoms with Crippen LogP contribution in [-0.2, 0) is 6.54 Å². The van der Waals surface area contributed by atoms with E-state index in [-0.39, 0.29) is 5.56 Å². The maximum absolute atomic E-state index is 12.3. The van der Waals surface area contributed by atoms with Crippen LogP contribution in [0.1, 0.15) is 17.3 Å². The molecular weight excluding hydrogens is 282 g/mol. The van der Waals surface area contributed by atoms with Crippen LogP contribution in [0.5, 0.6) is 0 Å². The minimum atomic E-state index is -1.18. The van der Waals surface area contributed by atoms with E-state index in [1.165, 1.54) is 6.20 Å². The number of nitrogens with zero attached hydrogens (tertiary/aromatic N) is 2. The maximum Gasteiger partial charge on any atom is 0.341 e. The lowest BCUT2D eigenvalue weighted by molar-refractivity contribution is 0.0695. The number of fused-ring (bicyclic) bond motifs is 1. The summed E-state index contributed by atoms with van der Waals surface area (Å²) in [5.41, 5.74) is 1.26. The number of anilines is 1. The van der Waals surface area contributed by atoms with E-state index in [1.54, 1.807) is 6.07 Å². The molecule has 2 heterocycles. The van der Waals surface area contributed by atoms with Crippen molar-refractivity contribution in [3.63, 3.8) is 0 Å². The molecule has 1 aromatic heterocycles. The molecule has 116 valence electrons. The van der Waals surface area contributed by atoms with Crippen LogP contribution in [-0.4, -0.2) is 41.8 Å². The van der Waals surface area contributed by atoms with E-state index >= 15 is 0 Å². The number of rotatable bonds is 3. The predicted molar refractivity (Wildman–Crippen MR) is 85.9 cm³/mol. The van der Waals surface area contributed by atoms with Gasteiger partial charge in [0, 0.05) is 50.0 Å². The van der Waals surface area contributed by atoms with Crippen LogP contribution in [0.2, 0.25) is 0 Å². The van der Waals surface area contributed by atoms with Crippen LogP contribution in [0.3, 0.4) is 0 Å². The zero-order chi connectivity index (χ0) is 15.7. The standard InChI is InChI=1S/C16H19N3O3/c1-2-18-10-13(16(21)22)15(20)12-4-3-11(9-14(12)18)19-7-5-17-6-8-19/h3-4,9-10,17H,2,5-8H2,1H3,(H,21,22). The second-order valence-corrected chi connectivity index (χ2v) is 5.40. The molecule has 1 aliphatic heterocycles. The van der Waals surface area contributed by atoms with Crippen molar-refractivity contribution in [1.29, 1.82) is 0 Å². The molecular formula is C16H19N3O3. The number of carboxylic acids is 1. The molecule has 2 aromatic rings. The molecule has 6 nitrogen and oxygen atoms in total. The van der Waals surface area contributed by atoms with Crippen LogP contribution in [0.15, 0.2) is 29.2 Å². The number of piperazine rings is 1. The third-order valence-electron chi connectivity index (χ3n) is 4.12. The van der Waals surface area contributed by atoms with Gasteiger partial charge in [-0.3, -0.25) is 4.79 Å². The number of carbonyl (C=O) groups is 1. The number of aryl methyl sites for hydroxylation is 1. The minimum absolute atomic E-state index is 0.177. The van der Waals surface area contributed by atoms with E-state index in [2.05, 4.69) is 10.2 Å². The molecule has 0 unspecified atom stereocenters. The molecule has 3 rings (SSSR count). The Kier molecular flexibility index (Phi) is 3.85. The molecule has 0 atom stereocenters. The first-order valence-corrected chi connectivity index (χ1v) is 7.48. The van der Waals surface area contributed by atoms with Crippen LogP contribution >= 0.6 is 0 Å². The first-order chi connectivity index (χ1) is 10.6. The van der Waals surface area contributed by atoms with Crippen molar-refractivity contribution < 1.29 is 9.90 Å². The molecule has 0 radical (unpaired) electrons. The summed E-state index contributed by atoms with van der Waals surface area (Å²) < 4.78 is 1.83. The van der Waals surface area contributed by atoms with Crippen molar-refractivity contribution in [1.82, 2.24) is 9.88 Å². The second kappa shape index (κ2) is 5.81. The molecule has 1 fully saturated rings. The molecule has 2 N–H and O–H groups in total. The van der Waals surface area contributed by atoms with Crippen molar-refractivity contribution in [3.05, 3.63) is 40.2 Å². The van der Waals surface area contributed by atoms with E-state index in [0.29, 0.717) is 11.9 Å². The van der Waals surface area contributed by atoms with Gasteiger partial charge in [0.1, 0.15) is 5.56 Å². The van der Waals surface area contributed by atoms with Crippen molar-refractivity contribution in [2.24, 2.45) is 0 Å². The van der Waals surface area contributed by atoms with Gasteiger partial charge < -0.3 is 19.9 Å². The van der Waals surface area contributed by atoms with Gasteiger partial charge in [-0.2, -0.15) is 0 Å². The van der Waals surface area contributed by atoms with Gasteiger partial charge in [0.2, 0.25) is 5.43 Å². The van der Waals surface area contributed by atoms with Crippen LogP contribution in [0.25, 0.3) is 10.9 Å². The highest BCUT2D eigenvalue weighted by Gasteiger charge is 2.16. The average Bonchev–Trinajstić information content (AvgIpc) is 2.55. The number of hydrogen-bond acceptors (Lipinski definition) is 4. The quantitative estimate of drug-likeness (QED) is 0.889. The Morgan fingerprint density at radius 1 is 1.32 bits per heavy atom. The Morgan fingerprint density at radius 3 is 2.68 bits per heavy atom. The normalized spacial score (nSPS) is 15.2. The molecule has 0 amide bonds. The third kappa shape index (κ3) is 2.46. The third-order valence-corrected chi connectivity index (χ3v) is 4.12. The van der Waals surface area contributed by atoms with Crippen molar-refractivity contribution >= 4 is 22.6 Å². The predicted octanol–water partition coefficient (Wildman–Crippen LogP) is 1.13. The first kappa shape index (κ1) is 14.6. The number of aromatic nitrogens is 1. The smallest absolute Gasteiger partial charge is 0.341 e. The zero-order valence-electron chi connectivity index (χ0n) is 12.5. The van der Waals surface area contributed by atoms with E-state index in [4.69, 9.17) is 0 Å². The fraction of sp³-hybridized carbons (Fsp3) is 0.375. The highest BCUT2D eigenvalue weighted by molar-refractivity contribution is 5.93. The molecule has 0 bridgehead atoms. The Balaban J connectivity index is 2.17. The average molecular weight is 301 g/mol. The molecule has 22 heavy (non-hydrogen) atoms. The summed E-state index contributed by atoms with van der Waals surface area (Å²) >= 11 is 0.